The van der Waals surface area contributed by atoms with Gasteiger partial charge in [-0.15, -0.1) is 0 Å². The van der Waals surface area contributed by atoms with Crippen molar-refractivity contribution in [1.29, 1.82) is 0 Å². The van der Waals surface area contributed by atoms with Gasteiger partial charge in [-0.05, 0) is 42.7 Å². The number of amides is 1. The lowest BCUT2D eigenvalue weighted by molar-refractivity contribution is -0.121. The van der Waals surface area contributed by atoms with Gasteiger partial charge in [0.15, 0.2) is 0 Å². The largest absolute Gasteiger partial charge is 0.359 e. The van der Waals surface area contributed by atoms with E-state index in [2.05, 4.69) is 5.32 Å². The predicted molar refractivity (Wildman–Crippen MR) is 95.4 cm³/mol. The fraction of sp³-hybridized carbons (Fsp3) is 0.389. The molecule has 0 fully saturated rings. The van der Waals surface area contributed by atoms with Gasteiger partial charge in [-0.3, -0.25) is 4.79 Å². The fourth-order valence-corrected chi connectivity index (χ4v) is 4.83. The van der Waals surface area contributed by atoms with Crippen molar-refractivity contribution < 1.29 is 13.2 Å². The standard InChI is InChI=1S/C18H23N3O3S/c1-14-5-3-7-17(9-14)25(23,24)21-12-15(10-18(22)19-2)11-20-8-4-6-16(20)13-21/h3-9,15H,10-13H2,1-2H3,(H,19,22)/t15-/m1/s1. The van der Waals surface area contributed by atoms with E-state index in [0.717, 1.165) is 11.3 Å². The van der Waals surface area contributed by atoms with E-state index < -0.39 is 10.0 Å². The average molecular weight is 361 g/mol. The molecule has 2 heterocycles. The second kappa shape index (κ2) is 7.01. The molecule has 7 heteroatoms. The van der Waals surface area contributed by atoms with E-state index in [-0.39, 0.29) is 11.8 Å². The summed E-state index contributed by atoms with van der Waals surface area (Å²) in [6.07, 6.45) is 2.24. The van der Waals surface area contributed by atoms with Crippen LogP contribution in [0.1, 0.15) is 17.7 Å². The number of nitrogens with one attached hydrogen (secondary N) is 1. The number of fused-ring (bicyclic) bond motifs is 1. The SMILES string of the molecule is CNC(=O)C[C@H]1CN(S(=O)(=O)c2cccc(C)c2)Cc2cccn2C1. The first-order valence-electron chi connectivity index (χ1n) is 8.31. The Balaban J connectivity index is 1.95. The minimum atomic E-state index is -3.62. The molecule has 1 atom stereocenters. The van der Waals surface area contributed by atoms with E-state index in [9.17, 15) is 13.2 Å². The number of aromatic nitrogens is 1. The molecule has 3 rings (SSSR count). The lowest BCUT2D eigenvalue weighted by Gasteiger charge is -2.23. The smallest absolute Gasteiger partial charge is 0.243 e. The Morgan fingerprint density at radius 1 is 1.24 bits per heavy atom. The highest BCUT2D eigenvalue weighted by Crippen LogP contribution is 2.25. The van der Waals surface area contributed by atoms with Crippen LogP contribution < -0.4 is 5.32 Å². The Kier molecular flexibility index (Phi) is 4.96. The Hall–Kier alpha value is -2.12. The highest BCUT2D eigenvalue weighted by Gasteiger charge is 2.31. The number of nitrogens with zero attached hydrogens (tertiary/aromatic N) is 2. The van der Waals surface area contributed by atoms with E-state index in [0.29, 0.717) is 31.0 Å². The molecule has 0 unspecified atom stereocenters. The maximum Gasteiger partial charge on any atom is 0.243 e. The van der Waals surface area contributed by atoms with E-state index in [1.165, 1.54) is 4.31 Å². The van der Waals surface area contributed by atoms with Gasteiger partial charge in [0.2, 0.25) is 15.9 Å². The van der Waals surface area contributed by atoms with Crippen LogP contribution in [0.15, 0.2) is 47.5 Å². The van der Waals surface area contributed by atoms with E-state index >= 15 is 0 Å². The van der Waals surface area contributed by atoms with Gasteiger partial charge in [0.1, 0.15) is 0 Å². The van der Waals surface area contributed by atoms with E-state index in [4.69, 9.17) is 0 Å². The molecule has 0 radical (unpaired) electrons. The molecule has 134 valence electrons. The third kappa shape index (κ3) is 3.77. The van der Waals surface area contributed by atoms with Crippen molar-refractivity contribution in [1.82, 2.24) is 14.2 Å². The lowest BCUT2D eigenvalue weighted by Crippen LogP contribution is -2.35. The number of carbonyl (C=O) groups excluding carboxylic acids is 1. The van der Waals surface area contributed by atoms with E-state index in [1.54, 1.807) is 25.2 Å². The van der Waals surface area contributed by atoms with Crippen LogP contribution in [0.2, 0.25) is 0 Å². The van der Waals surface area contributed by atoms with Crippen molar-refractivity contribution in [2.75, 3.05) is 13.6 Å². The van der Waals surface area contributed by atoms with Gasteiger partial charge in [0.25, 0.3) is 0 Å². The Morgan fingerprint density at radius 2 is 2.04 bits per heavy atom. The zero-order valence-electron chi connectivity index (χ0n) is 14.5. The monoisotopic (exact) mass is 361 g/mol. The molecular weight excluding hydrogens is 338 g/mol. The highest BCUT2D eigenvalue weighted by molar-refractivity contribution is 7.89. The maximum atomic E-state index is 13.1. The zero-order chi connectivity index (χ0) is 18.0. The van der Waals surface area contributed by atoms with Crippen LogP contribution in [0, 0.1) is 12.8 Å². The number of sulfonamides is 1. The van der Waals surface area contributed by atoms with Crippen molar-refractivity contribution in [3.8, 4) is 0 Å². The third-order valence-electron chi connectivity index (χ3n) is 4.56. The summed E-state index contributed by atoms with van der Waals surface area (Å²) < 4.78 is 29.8. The quantitative estimate of drug-likeness (QED) is 0.902. The Morgan fingerprint density at radius 3 is 2.76 bits per heavy atom. The van der Waals surface area contributed by atoms with Crippen LogP contribution >= 0.6 is 0 Å². The molecule has 6 nitrogen and oxygen atoms in total. The zero-order valence-corrected chi connectivity index (χ0v) is 15.3. The Labute approximate surface area is 148 Å². The van der Waals surface area contributed by atoms with Crippen LogP contribution in [0.4, 0.5) is 0 Å². The van der Waals surface area contributed by atoms with Crippen LogP contribution in [-0.2, 0) is 27.9 Å². The van der Waals surface area contributed by atoms with Gasteiger partial charge in [0, 0.05) is 38.4 Å². The van der Waals surface area contributed by atoms with Crippen molar-refractivity contribution in [2.45, 2.75) is 31.3 Å². The summed E-state index contributed by atoms with van der Waals surface area (Å²) in [7, 11) is -2.02. The first-order chi connectivity index (χ1) is 11.9. The van der Waals surface area contributed by atoms with Crippen molar-refractivity contribution >= 4 is 15.9 Å². The molecular formula is C18H23N3O3S. The highest BCUT2D eigenvalue weighted by atomic mass is 32.2. The molecule has 2 aromatic rings. The summed E-state index contributed by atoms with van der Waals surface area (Å²) in [4.78, 5) is 12.1. The summed E-state index contributed by atoms with van der Waals surface area (Å²) >= 11 is 0. The topological polar surface area (TPSA) is 71.4 Å². The second-order valence-corrected chi connectivity index (χ2v) is 8.45. The fourth-order valence-electron chi connectivity index (χ4n) is 3.24. The third-order valence-corrected chi connectivity index (χ3v) is 6.37. The minimum absolute atomic E-state index is 0.0755. The van der Waals surface area contributed by atoms with Gasteiger partial charge in [-0.2, -0.15) is 4.31 Å². The number of hydrogen-bond donors (Lipinski definition) is 1. The molecule has 1 aliphatic rings. The first-order valence-corrected chi connectivity index (χ1v) is 9.75. The molecule has 1 aromatic heterocycles. The van der Waals surface area contributed by atoms with Crippen LogP contribution in [0.5, 0.6) is 0 Å². The number of hydrogen-bond acceptors (Lipinski definition) is 3. The van der Waals surface area contributed by atoms with Crippen LogP contribution in [-0.4, -0.2) is 36.8 Å². The minimum Gasteiger partial charge on any atom is -0.359 e. The van der Waals surface area contributed by atoms with Crippen molar-refractivity contribution in [3.63, 3.8) is 0 Å². The molecule has 0 aliphatic carbocycles. The molecule has 1 amide bonds. The second-order valence-electron chi connectivity index (χ2n) is 6.51. The first kappa shape index (κ1) is 17.7. The summed E-state index contributed by atoms with van der Waals surface area (Å²) in [6, 6.07) is 10.8. The van der Waals surface area contributed by atoms with Crippen LogP contribution in [0.3, 0.4) is 0 Å². The molecule has 1 N–H and O–H groups in total. The molecule has 0 saturated carbocycles. The van der Waals surface area contributed by atoms with Crippen molar-refractivity contribution in [3.05, 3.63) is 53.9 Å². The molecule has 0 spiro atoms. The van der Waals surface area contributed by atoms with Crippen molar-refractivity contribution in [2.24, 2.45) is 5.92 Å². The van der Waals surface area contributed by atoms with Gasteiger partial charge in [0.05, 0.1) is 11.4 Å². The summed E-state index contributed by atoms with van der Waals surface area (Å²) in [6.45, 7) is 3.15. The normalized spacial score (nSPS) is 18.4. The number of benzene rings is 1. The van der Waals surface area contributed by atoms with E-state index in [1.807, 2.05) is 35.9 Å². The molecule has 0 saturated heterocycles. The predicted octanol–water partition coefficient (Wildman–Crippen LogP) is 1.75. The number of carbonyl (C=O) groups is 1. The maximum absolute atomic E-state index is 13.1. The van der Waals surface area contributed by atoms with Gasteiger partial charge in [-0.1, -0.05) is 12.1 Å². The molecule has 0 bridgehead atoms. The summed E-state index contributed by atoms with van der Waals surface area (Å²) in [5.74, 6) is -0.151. The van der Waals surface area contributed by atoms with Gasteiger partial charge in [-0.25, -0.2) is 8.42 Å². The number of rotatable bonds is 4. The summed E-state index contributed by atoms with van der Waals surface area (Å²) in [5, 5.41) is 2.63. The summed E-state index contributed by atoms with van der Waals surface area (Å²) in [5.41, 5.74) is 1.84. The molecule has 25 heavy (non-hydrogen) atoms. The van der Waals surface area contributed by atoms with Gasteiger partial charge >= 0.3 is 0 Å². The average Bonchev–Trinajstić information content (AvgIpc) is 2.93. The lowest BCUT2D eigenvalue weighted by atomic mass is 10.1. The van der Waals surface area contributed by atoms with Crippen LogP contribution in [0.25, 0.3) is 0 Å². The van der Waals surface area contributed by atoms with Gasteiger partial charge < -0.3 is 9.88 Å². The number of aryl methyl sites for hydroxylation is 1. The Bertz CT molecular complexity index is 873. The molecule has 1 aliphatic heterocycles. The molecule has 1 aromatic carbocycles.